The van der Waals surface area contributed by atoms with Crippen molar-refractivity contribution in [3.05, 3.63) is 11.8 Å². The predicted octanol–water partition coefficient (Wildman–Crippen LogP) is 1.26. The van der Waals surface area contributed by atoms with Gasteiger partial charge in [-0.3, -0.25) is 0 Å². The second-order valence-electron chi connectivity index (χ2n) is 6.40. The van der Waals surface area contributed by atoms with Crippen molar-refractivity contribution >= 4 is 10.1 Å². The summed E-state index contributed by atoms with van der Waals surface area (Å²) in [5.41, 5.74) is -6.32. The van der Waals surface area contributed by atoms with Crippen molar-refractivity contribution in [2.75, 3.05) is 19.8 Å². The molecule has 3 saturated heterocycles. The van der Waals surface area contributed by atoms with E-state index in [2.05, 4.69) is 4.18 Å². The van der Waals surface area contributed by atoms with Gasteiger partial charge in [-0.05, 0) is 18.9 Å². The standard InChI is InChI=1S/C13H15F3O7S/c1-11-8-6-21-12(19-2-3-20-12)5-7(8)4-9(10(11)22-11)23-24(17,18)13(14,15)16/h4,7-8,10H,2-3,5-6H2,1H3/t7-,8-,10+,11-/m0/s1. The number of fused-ring (bicyclic) bond motifs is 3. The lowest BCUT2D eigenvalue weighted by atomic mass is 9.73. The van der Waals surface area contributed by atoms with E-state index in [1.807, 2.05) is 0 Å². The molecule has 4 rings (SSSR count). The molecule has 0 saturated carbocycles. The highest BCUT2D eigenvalue weighted by Crippen LogP contribution is 2.57. The van der Waals surface area contributed by atoms with Gasteiger partial charge in [-0.1, -0.05) is 0 Å². The van der Waals surface area contributed by atoms with Crippen LogP contribution in [0.3, 0.4) is 0 Å². The van der Waals surface area contributed by atoms with E-state index in [-0.39, 0.29) is 30.6 Å². The molecule has 0 aromatic rings. The van der Waals surface area contributed by atoms with Crippen LogP contribution < -0.4 is 0 Å². The normalized spacial score (nSPS) is 40.7. The van der Waals surface area contributed by atoms with E-state index in [9.17, 15) is 21.6 Å². The van der Waals surface area contributed by atoms with Gasteiger partial charge < -0.3 is 23.1 Å². The van der Waals surface area contributed by atoms with Crippen LogP contribution in [0.2, 0.25) is 0 Å². The van der Waals surface area contributed by atoms with Crippen molar-refractivity contribution in [1.82, 2.24) is 0 Å². The fourth-order valence-electron chi connectivity index (χ4n) is 3.62. The van der Waals surface area contributed by atoms with Crippen LogP contribution in [-0.4, -0.2) is 51.4 Å². The average molecular weight is 372 g/mol. The van der Waals surface area contributed by atoms with Crippen molar-refractivity contribution in [1.29, 1.82) is 0 Å². The van der Waals surface area contributed by atoms with Crippen molar-refractivity contribution in [2.45, 2.75) is 36.5 Å². The highest BCUT2D eigenvalue weighted by molar-refractivity contribution is 7.87. The van der Waals surface area contributed by atoms with E-state index in [1.54, 1.807) is 6.92 Å². The summed E-state index contributed by atoms with van der Waals surface area (Å²) in [5, 5.41) is 0. The molecule has 0 unspecified atom stereocenters. The zero-order chi connectivity index (χ0) is 17.4. The molecule has 4 atom stereocenters. The lowest BCUT2D eigenvalue weighted by Crippen LogP contribution is -2.50. The van der Waals surface area contributed by atoms with Crippen LogP contribution in [0.25, 0.3) is 0 Å². The van der Waals surface area contributed by atoms with Crippen molar-refractivity contribution in [3.63, 3.8) is 0 Å². The van der Waals surface area contributed by atoms with Gasteiger partial charge >= 0.3 is 15.6 Å². The molecule has 1 aliphatic carbocycles. The molecule has 24 heavy (non-hydrogen) atoms. The largest absolute Gasteiger partial charge is 0.534 e. The topological polar surface area (TPSA) is 83.6 Å². The van der Waals surface area contributed by atoms with Crippen molar-refractivity contribution < 1.29 is 44.7 Å². The Bertz CT molecular complexity index is 682. The molecule has 1 spiro atoms. The van der Waals surface area contributed by atoms with Crippen LogP contribution in [0.15, 0.2) is 11.8 Å². The summed E-state index contributed by atoms with van der Waals surface area (Å²) in [5.74, 6) is -2.07. The Balaban J connectivity index is 1.61. The van der Waals surface area contributed by atoms with Crippen LogP contribution in [0.4, 0.5) is 13.2 Å². The second-order valence-corrected chi connectivity index (χ2v) is 7.94. The van der Waals surface area contributed by atoms with Gasteiger partial charge in [0.2, 0.25) is 0 Å². The molecule has 0 aromatic heterocycles. The molecule has 7 nitrogen and oxygen atoms in total. The van der Waals surface area contributed by atoms with Gasteiger partial charge in [0.1, 0.15) is 17.5 Å². The molecule has 0 amide bonds. The summed E-state index contributed by atoms with van der Waals surface area (Å²) >= 11 is 0. The summed E-state index contributed by atoms with van der Waals surface area (Å²) in [4.78, 5) is 0. The molecule has 0 radical (unpaired) electrons. The minimum Gasteiger partial charge on any atom is -0.378 e. The highest BCUT2D eigenvalue weighted by Gasteiger charge is 2.68. The number of rotatable bonds is 2. The number of hydrogen-bond donors (Lipinski definition) is 0. The van der Waals surface area contributed by atoms with Crippen LogP contribution in [0, 0.1) is 11.8 Å². The van der Waals surface area contributed by atoms with Crippen LogP contribution in [-0.2, 0) is 33.2 Å². The number of allylic oxidation sites excluding steroid dienone is 1. The summed E-state index contributed by atoms with van der Waals surface area (Å²) in [6.45, 7) is 2.63. The van der Waals surface area contributed by atoms with Gasteiger partial charge in [0.25, 0.3) is 5.97 Å². The SMILES string of the molecule is C[C@@]12O[C@@H]1C(OS(=O)(=O)C(F)(F)F)=C[C@H]1CC3(OCCO3)OC[C@@H]12. The molecular formula is C13H15F3O7S. The Morgan fingerprint density at radius 3 is 2.54 bits per heavy atom. The summed E-state index contributed by atoms with van der Waals surface area (Å²) < 4.78 is 86.6. The molecule has 3 fully saturated rings. The van der Waals surface area contributed by atoms with E-state index in [1.165, 1.54) is 6.08 Å². The molecule has 3 heterocycles. The Morgan fingerprint density at radius 1 is 1.25 bits per heavy atom. The Labute approximate surface area is 135 Å². The Kier molecular flexibility index (Phi) is 3.35. The molecular weight excluding hydrogens is 357 g/mol. The second kappa shape index (κ2) is 4.85. The smallest absolute Gasteiger partial charge is 0.378 e. The first kappa shape index (κ1) is 16.6. The third-order valence-electron chi connectivity index (χ3n) is 4.91. The molecule has 0 bridgehead atoms. The third kappa shape index (κ3) is 2.37. The Morgan fingerprint density at radius 2 is 1.92 bits per heavy atom. The number of epoxide rings is 1. The van der Waals surface area contributed by atoms with Crippen molar-refractivity contribution in [3.8, 4) is 0 Å². The number of halogens is 3. The number of alkyl halides is 3. The van der Waals surface area contributed by atoms with E-state index < -0.39 is 33.3 Å². The molecule has 136 valence electrons. The predicted molar refractivity (Wildman–Crippen MR) is 69.6 cm³/mol. The zero-order valence-electron chi connectivity index (χ0n) is 12.5. The molecule has 0 N–H and O–H groups in total. The molecule has 4 aliphatic rings. The number of hydrogen-bond acceptors (Lipinski definition) is 7. The van der Waals surface area contributed by atoms with Crippen LogP contribution in [0.5, 0.6) is 0 Å². The quantitative estimate of drug-likeness (QED) is 0.410. The first-order valence-corrected chi connectivity index (χ1v) is 8.79. The first-order valence-electron chi connectivity index (χ1n) is 7.38. The third-order valence-corrected chi connectivity index (χ3v) is 5.89. The van der Waals surface area contributed by atoms with E-state index in [0.717, 1.165) is 0 Å². The van der Waals surface area contributed by atoms with E-state index >= 15 is 0 Å². The minimum absolute atomic E-state index is 0.151. The summed E-state index contributed by atoms with van der Waals surface area (Å²) in [7, 11) is -5.74. The van der Waals surface area contributed by atoms with Gasteiger partial charge in [0.15, 0.2) is 0 Å². The van der Waals surface area contributed by atoms with Gasteiger partial charge in [-0.15, -0.1) is 0 Å². The summed E-state index contributed by atoms with van der Waals surface area (Å²) in [6.07, 6.45) is 0.754. The fraction of sp³-hybridized carbons (Fsp3) is 0.846. The monoisotopic (exact) mass is 372 g/mol. The van der Waals surface area contributed by atoms with Gasteiger partial charge in [-0.25, -0.2) is 0 Å². The highest BCUT2D eigenvalue weighted by atomic mass is 32.2. The lowest BCUT2D eigenvalue weighted by molar-refractivity contribution is -0.361. The van der Waals surface area contributed by atoms with Crippen LogP contribution >= 0.6 is 0 Å². The van der Waals surface area contributed by atoms with E-state index in [0.29, 0.717) is 13.2 Å². The minimum atomic E-state index is -5.74. The summed E-state index contributed by atoms with van der Waals surface area (Å²) in [6, 6.07) is 0. The maximum absolute atomic E-state index is 12.6. The van der Waals surface area contributed by atoms with Gasteiger partial charge in [-0.2, -0.15) is 21.6 Å². The maximum Gasteiger partial charge on any atom is 0.534 e. The lowest BCUT2D eigenvalue weighted by Gasteiger charge is -2.42. The van der Waals surface area contributed by atoms with E-state index in [4.69, 9.17) is 18.9 Å². The van der Waals surface area contributed by atoms with Crippen LogP contribution in [0.1, 0.15) is 13.3 Å². The fourth-order valence-corrected chi connectivity index (χ4v) is 4.11. The molecule has 3 aliphatic heterocycles. The van der Waals surface area contributed by atoms with Gasteiger partial charge in [0, 0.05) is 12.3 Å². The zero-order valence-corrected chi connectivity index (χ0v) is 13.4. The van der Waals surface area contributed by atoms with Crippen molar-refractivity contribution in [2.24, 2.45) is 11.8 Å². The first-order chi connectivity index (χ1) is 11.1. The molecule has 0 aromatic carbocycles. The Hall–Kier alpha value is -0.880. The van der Waals surface area contributed by atoms with Gasteiger partial charge in [0.05, 0.1) is 19.8 Å². The maximum atomic E-state index is 12.6. The molecule has 11 heteroatoms. The average Bonchev–Trinajstić information content (AvgIpc) is 2.98. The number of ether oxygens (including phenoxy) is 4.